The van der Waals surface area contributed by atoms with Crippen LogP contribution in [0.4, 0.5) is 10.1 Å². The predicted octanol–water partition coefficient (Wildman–Crippen LogP) is 5.13. The van der Waals surface area contributed by atoms with E-state index in [4.69, 9.17) is 13.9 Å². The predicted molar refractivity (Wildman–Crippen MR) is 114 cm³/mol. The summed E-state index contributed by atoms with van der Waals surface area (Å²) in [5.74, 6) is 0.977. The second-order valence-corrected chi connectivity index (χ2v) is 7.60. The average Bonchev–Trinajstić information content (AvgIpc) is 3.40. The zero-order chi connectivity index (χ0) is 21.8. The molecular formula is C21H18FN3O5S. The van der Waals surface area contributed by atoms with Crippen molar-refractivity contribution in [1.82, 2.24) is 10.3 Å². The summed E-state index contributed by atoms with van der Waals surface area (Å²) in [6.45, 7) is 1.92. The lowest BCUT2D eigenvalue weighted by atomic mass is 10.3. The number of non-ortho nitro benzene ring substituents is 1. The smallest absolute Gasteiger partial charge is 0.272 e. The van der Waals surface area contributed by atoms with Gasteiger partial charge in [0.25, 0.3) is 5.69 Å². The Kier molecular flexibility index (Phi) is 6.21. The van der Waals surface area contributed by atoms with Crippen LogP contribution in [0.25, 0.3) is 20.9 Å². The van der Waals surface area contributed by atoms with Crippen LogP contribution in [0.2, 0.25) is 0 Å². The number of halogens is 1. The lowest BCUT2D eigenvalue weighted by Gasteiger charge is -2.07. The molecule has 0 amide bonds. The molecule has 3 aromatic heterocycles. The normalized spacial score (nSPS) is 11.2. The molecule has 8 nitrogen and oxygen atoms in total. The lowest BCUT2D eigenvalue weighted by molar-refractivity contribution is -0.385. The fourth-order valence-corrected chi connectivity index (χ4v) is 3.94. The SMILES string of the molecule is COCCNCc1ccc(-c2cc3nccc(Oc4ccc([N+](=O)[O-])cc4F)c3s2)o1. The van der Waals surface area contributed by atoms with E-state index < -0.39 is 10.7 Å². The quantitative estimate of drug-likeness (QED) is 0.217. The van der Waals surface area contributed by atoms with Crippen LogP contribution in [0.1, 0.15) is 5.76 Å². The number of nitro groups is 1. The van der Waals surface area contributed by atoms with Gasteiger partial charge in [0.15, 0.2) is 11.6 Å². The standard InChI is InChI=1S/C21H18FN3O5S/c1-28-9-8-23-12-14-3-5-18(29-14)20-11-16-21(31-20)19(6-7-24-16)30-17-4-2-13(25(26)27)10-15(17)22/h2-7,10-11,23H,8-9,12H2,1H3. The first-order valence-corrected chi connectivity index (χ1v) is 10.2. The van der Waals surface area contributed by atoms with Gasteiger partial charge in [-0.25, -0.2) is 4.39 Å². The van der Waals surface area contributed by atoms with Crippen molar-refractivity contribution in [2.24, 2.45) is 0 Å². The van der Waals surface area contributed by atoms with Gasteiger partial charge >= 0.3 is 0 Å². The molecule has 0 saturated heterocycles. The lowest BCUT2D eigenvalue weighted by Crippen LogP contribution is -2.18. The Hall–Kier alpha value is -3.34. The van der Waals surface area contributed by atoms with E-state index in [9.17, 15) is 14.5 Å². The van der Waals surface area contributed by atoms with Gasteiger partial charge in [-0.2, -0.15) is 0 Å². The maximum atomic E-state index is 14.2. The van der Waals surface area contributed by atoms with Crippen molar-refractivity contribution in [1.29, 1.82) is 0 Å². The van der Waals surface area contributed by atoms with E-state index >= 15 is 0 Å². The summed E-state index contributed by atoms with van der Waals surface area (Å²) in [6.07, 6.45) is 1.56. The van der Waals surface area contributed by atoms with Crippen molar-refractivity contribution in [3.8, 4) is 22.1 Å². The van der Waals surface area contributed by atoms with Gasteiger partial charge in [-0.05, 0) is 24.3 Å². The Morgan fingerprint density at radius 2 is 2.10 bits per heavy atom. The molecule has 1 aromatic carbocycles. The van der Waals surface area contributed by atoms with Crippen LogP contribution in [0.15, 0.2) is 53.1 Å². The zero-order valence-corrected chi connectivity index (χ0v) is 17.3. The molecular weight excluding hydrogens is 425 g/mol. The molecule has 0 aliphatic heterocycles. The molecule has 0 aliphatic carbocycles. The number of pyridine rings is 1. The van der Waals surface area contributed by atoms with E-state index in [1.807, 2.05) is 18.2 Å². The number of aromatic nitrogens is 1. The molecule has 0 radical (unpaired) electrons. The Morgan fingerprint density at radius 1 is 1.23 bits per heavy atom. The number of furan rings is 1. The third kappa shape index (κ3) is 4.71. The summed E-state index contributed by atoms with van der Waals surface area (Å²) >= 11 is 1.40. The number of nitro benzene ring substituents is 1. The third-order valence-corrected chi connectivity index (χ3v) is 5.56. The maximum absolute atomic E-state index is 14.2. The summed E-state index contributed by atoms with van der Waals surface area (Å²) in [6, 6.07) is 10.5. The fourth-order valence-electron chi connectivity index (χ4n) is 2.91. The van der Waals surface area contributed by atoms with Gasteiger partial charge in [-0.1, -0.05) is 0 Å². The van der Waals surface area contributed by atoms with E-state index in [-0.39, 0.29) is 11.4 Å². The largest absolute Gasteiger partial charge is 0.459 e. The van der Waals surface area contributed by atoms with Crippen molar-refractivity contribution in [2.75, 3.05) is 20.3 Å². The van der Waals surface area contributed by atoms with Gasteiger partial charge in [0.1, 0.15) is 17.3 Å². The molecule has 4 rings (SSSR count). The average molecular weight is 443 g/mol. The van der Waals surface area contributed by atoms with Crippen molar-refractivity contribution < 1.29 is 23.2 Å². The second kappa shape index (κ2) is 9.21. The van der Waals surface area contributed by atoms with Gasteiger partial charge in [0, 0.05) is 32.0 Å². The van der Waals surface area contributed by atoms with Crippen LogP contribution in [0.3, 0.4) is 0 Å². The van der Waals surface area contributed by atoms with E-state index in [0.717, 1.165) is 23.2 Å². The summed E-state index contributed by atoms with van der Waals surface area (Å²) in [4.78, 5) is 15.3. The molecule has 0 spiro atoms. The minimum absolute atomic E-state index is 0.101. The molecule has 4 aromatic rings. The number of ether oxygens (including phenoxy) is 2. The molecule has 0 saturated carbocycles. The number of hydrogen-bond donors (Lipinski definition) is 1. The monoisotopic (exact) mass is 443 g/mol. The van der Waals surface area contributed by atoms with Gasteiger partial charge in [-0.15, -0.1) is 11.3 Å². The van der Waals surface area contributed by atoms with Crippen LogP contribution in [-0.4, -0.2) is 30.2 Å². The highest BCUT2D eigenvalue weighted by Gasteiger charge is 2.16. The number of thiophene rings is 1. The van der Waals surface area contributed by atoms with E-state index in [2.05, 4.69) is 10.3 Å². The topological polar surface area (TPSA) is 99.7 Å². The first-order chi connectivity index (χ1) is 15.0. The summed E-state index contributed by atoms with van der Waals surface area (Å²) in [5.41, 5.74) is 0.337. The zero-order valence-electron chi connectivity index (χ0n) is 16.5. The highest BCUT2D eigenvalue weighted by Crippen LogP contribution is 2.40. The van der Waals surface area contributed by atoms with Crippen molar-refractivity contribution >= 4 is 27.2 Å². The highest BCUT2D eigenvalue weighted by molar-refractivity contribution is 7.22. The first kappa shape index (κ1) is 20.9. The molecule has 0 fully saturated rings. The number of benzene rings is 1. The molecule has 0 unspecified atom stereocenters. The first-order valence-electron chi connectivity index (χ1n) is 9.34. The second-order valence-electron chi connectivity index (χ2n) is 6.54. The van der Waals surface area contributed by atoms with E-state index in [1.165, 1.54) is 23.5 Å². The van der Waals surface area contributed by atoms with Crippen LogP contribution in [-0.2, 0) is 11.3 Å². The third-order valence-electron chi connectivity index (χ3n) is 4.41. The van der Waals surface area contributed by atoms with Gasteiger partial charge in [0.05, 0.1) is 39.2 Å². The van der Waals surface area contributed by atoms with E-state index in [0.29, 0.717) is 34.9 Å². The Labute approximate surface area is 180 Å². The number of nitrogens with one attached hydrogen (secondary N) is 1. The summed E-state index contributed by atoms with van der Waals surface area (Å²) < 4.78 is 31.6. The summed E-state index contributed by atoms with van der Waals surface area (Å²) in [5, 5.41) is 14.0. The van der Waals surface area contributed by atoms with Gasteiger partial charge < -0.3 is 19.2 Å². The molecule has 1 N–H and O–H groups in total. The Balaban J connectivity index is 1.56. The summed E-state index contributed by atoms with van der Waals surface area (Å²) in [7, 11) is 1.65. The van der Waals surface area contributed by atoms with Crippen LogP contribution < -0.4 is 10.1 Å². The van der Waals surface area contributed by atoms with Crippen LogP contribution in [0, 0.1) is 15.9 Å². The maximum Gasteiger partial charge on any atom is 0.272 e. The Bertz CT molecular complexity index is 1220. The molecule has 0 aliphatic rings. The number of hydrogen-bond acceptors (Lipinski definition) is 8. The number of nitrogens with zero attached hydrogens (tertiary/aromatic N) is 2. The molecule has 0 bridgehead atoms. The molecule has 160 valence electrons. The van der Waals surface area contributed by atoms with Crippen LogP contribution in [0.5, 0.6) is 11.5 Å². The van der Waals surface area contributed by atoms with Crippen molar-refractivity contribution in [2.45, 2.75) is 6.54 Å². The van der Waals surface area contributed by atoms with Crippen LogP contribution >= 0.6 is 11.3 Å². The minimum Gasteiger partial charge on any atom is -0.459 e. The van der Waals surface area contributed by atoms with Gasteiger partial charge in [-0.3, -0.25) is 15.1 Å². The number of fused-ring (bicyclic) bond motifs is 1. The molecule has 31 heavy (non-hydrogen) atoms. The van der Waals surface area contributed by atoms with Gasteiger partial charge in [0.2, 0.25) is 0 Å². The fraction of sp³-hybridized carbons (Fsp3) is 0.190. The Morgan fingerprint density at radius 3 is 2.87 bits per heavy atom. The highest BCUT2D eigenvalue weighted by atomic mass is 32.1. The van der Waals surface area contributed by atoms with Crippen molar-refractivity contribution in [3.63, 3.8) is 0 Å². The number of methoxy groups -OCH3 is 1. The molecule has 0 atom stereocenters. The minimum atomic E-state index is -0.812. The van der Waals surface area contributed by atoms with E-state index in [1.54, 1.807) is 19.4 Å². The van der Waals surface area contributed by atoms with Crippen molar-refractivity contribution in [3.05, 3.63) is 70.4 Å². The number of rotatable bonds is 9. The molecule has 3 heterocycles. The molecule has 10 heteroatoms.